The first-order valence-electron chi connectivity index (χ1n) is 6.86. The van der Waals surface area contributed by atoms with Crippen LogP contribution in [0.5, 0.6) is 5.75 Å². The minimum absolute atomic E-state index is 0.0772. The second-order valence-corrected chi connectivity index (χ2v) is 5.30. The third-order valence-electron chi connectivity index (χ3n) is 4.33. The molecule has 0 aliphatic carbocycles. The van der Waals surface area contributed by atoms with Gasteiger partial charge in [-0.3, -0.25) is 4.79 Å². The Labute approximate surface area is 117 Å². The van der Waals surface area contributed by atoms with E-state index in [0.29, 0.717) is 0 Å². The smallest absolute Gasteiger partial charge is 0.255 e. The van der Waals surface area contributed by atoms with Crippen LogP contribution in [0.15, 0.2) is 42.5 Å². The summed E-state index contributed by atoms with van der Waals surface area (Å²) in [5, 5.41) is 0. The quantitative estimate of drug-likeness (QED) is 0.793. The summed E-state index contributed by atoms with van der Waals surface area (Å²) in [5.74, 6) is 1.04. The first-order chi connectivity index (χ1) is 9.79. The number of amides is 1. The highest BCUT2D eigenvalue weighted by Gasteiger charge is 2.40. The Kier molecular flexibility index (Phi) is 2.36. The fraction of sp³-hybridized carbons (Fsp3) is 0.235. The van der Waals surface area contributed by atoms with E-state index in [-0.39, 0.29) is 11.9 Å². The van der Waals surface area contributed by atoms with Gasteiger partial charge in [0.05, 0.1) is 13.2 Å². The average Bonchev–Trinajstić information content (AvgIpc) is 2.80. The van der Waals surface area contributed by atoms with Gasteiger partial charge in [-0.2, -0.15) is 0 Å². The van der Waals surface area contributed by atoms with Crippen LogP contribution < -0.4 is 4.74 Å². The summed E-state index contributed by atoms with van der Waals surface area (Å²) < 4.78 is 5.30. The van der Waals surface area contributed by atoms with Gasteiger partial charge in [-0.05, 0) is 41.3 Å². The van der Waals surface area contributed by atoms with Crippen LogP contribution >= 0.6 is 0 Å². The maximum absolute atomic E-state index is 12.5. The standard InChI is InChI=1S/C17H15NO2/c1-20-12-6-7-13-11(10-12)8-9-18-16(13)14-4-2-3-5-15(14)17(18)19/h2-7,10,16H,8-9H2,1H3. The fourth-order valence-corrected chi connectivity index (χ4v) is 3.37. The Balaban J connectivity index is 1.90. The molecule has 1 unspecified atom stereocenters. The van der Waals surface area contributed by atoms with Crippen molar-refractivity contribution >= 4 is 5.91 Å². The van der Waals surface area contributed by atoms with Crippen LogP contribution in [0.2, 0.25) is 0 Å². The summed E-state index contributed by atoms with van der Waals surface area (Å²) in [5.41, 5.74) is 4.50. The number of methoxy groups -OCH3 is 1. The molecule has 0 bridgehead atoms. The van der Waals surface area contributed by atoms with E-state index in [9.17, 15) is 4.79 Å². The van der Waals surface area contributed by atoms with Gasteiger partial charge in [0.15, 0.2) is 0 Å². The van der Waals surface area contributed by atoms with E-state index in [1.54, 1.807) is 7.11 Å². The van der Waals surface area contributed by atoms with Gasteiger partial charge in [0, 0.05) is 12.1 Å². The summed E-state index contributed by atoms with van der Waals surface area (Å²) in [4.78, 5) is 14.5. The molecule has 2 aliphatic rings. The molecule has 1 amide bonds. The third-order valence-corrected chi connectivity index (χ3v) is 4.33. The van der Waals surface area contributed by atoms with Gasteiger partial charge in [-0.25, -0.2) is 0 Å². The normalized spacial score (nSPS) is 19.4. The monoisotopic (exact) mass is 265 g/mol. The largest absolute Gasteiger partial charge is 0.497 e. The zero-order chi connectivity index (χ0) is 13.7. The second-order valence-electron chi connectivity index (χ2n) is 5.30. The molecular formula is C17H15NO2. The predicted octanol–water partition coefficient (Wildman–Crippen LogP) is 2.80. The minimum atomic E-state index is 0.0772. The van der Waals surface area contributed by atoms with Gasteiger partial charge < -0.3 is 9.64 Å². The summed E-state index contributed by atoms with van der Waals surface area (Å²) in [6.45, 7) is 0.776. The molecule has 2 aromatic carbocycles. The number of hydrogen-bond donors (Lipinski definition) is 0. The molecular weight excluding hydrogens is 250 g/mol. The molecule has 0 aromatic heterocycles. The Bertz CT molecular complexity index is 708. The molecule has 20 heavy (non-hydrogen) atoms. The molecule has 0 radical (unpaired) electrons. The third kappa shape index (κ3) is 1.43. The van der Waals surface area contributed by atoms with E-state index in [0.717, 1.165) is 29.8 Å². The van der Waals surface area contributed by atoms with Crippen molar-refractivity contribution in [1.82, 2.24) is 4.90 Å². The maximum Gasteiger partial charge on any atom is 0.255 e. The number of carbonyl (C=O) groups excluding carboxylic acids is 1. The van der Waals surface area contributed by atoms with Gasteiger partial charge in [0.25, 0.3) is 5.91 Å². The number of nitrogens with zero attached hydrogens (tertiary/aromatic N) is 1. The van der Waals surface area contributed by atoms with Gasteiger partial charge >= 0.3 is 0 Å². The van der Waals surface area contributed by atoms with E-state index in [1.165, 1.54) is 11.1 Å². The number of hydrogen-bond acceptors (Lipinski definition) is 2. The van der Waals surface area contributed by atoms with Crippen LogP contribution in [0.3, 0.4) is 0 Å². The van der Waals surface area contributed by atoms with Crippen LogP contribution in [-0.2, 0) is 6.42 Å². The number of rotatable bonds is 1. The summed E-state index contributed by atoms with van der Waals surface area (Å²) in [6, 6.07) is 14.2. The lowest BCUT2D eigenvalue weighted by Gasteiger charge is -2.32. The summed E-state index contributed by atoms with van der Waals surface area (Å²) in [6.07, 6.45) is 0.892. The second kappa shape index (κ2) is 4.10. The Hall–Kier alpha value is -2.29. The first kappa shape index (κ1) is 11.5. The lowest BCUT2D eigenvalue weighted by atomic mass is 9.90. The van der Waals surface area contributed by atoms with Crippen LogP contribution in [0.4, 0.5) is 0 Å². The molecule has 1 atom stereocenters. The van der Waals surface area contributed by atoms with Crippen molar-refractivity contribution in [2.45, 2.75) is 12.5 Å². The lowest BCUT2D eigenvalue weighted by molar-refractivity contribution is 0.0740. The molecule has 2 heterocycles. The van der Waals surface area contributed by atoms with E-state index in [2.05, 4.69) is 18.2 Å². The van der Waals surface area contributed by atoms with Crippen molar-refractivity contribution in [3.8, 4) is 5.75 Å². The van der Waals surface area contributed by atoms with Crippen LogP contribution in [0.1, 0.15) is 33.1 Å². The Morgan fingerprint density at radius 1 is 1.15 bits per heavy atom. The van der Waals surface area contributed by atoms with Gasteiger partial charge in [0.2, 0.25) is 0 Å². The van der Waals surface area contributed by atoms with Crippen molar-refractivity contribution in [1.29, 1.82) is 0 Å². The summed E-state index contributed by atoms with van der Waals surface area (Å²) >= 11 is 0. The molecule has 3 nitrogen and oxygen atoms in total. The zero-order valence-corrected chi connectivity index (χ0v) is 11.3. The number of carbonyl (C=O) groups is 1. The first-order valence-corrected chi connectivity index (χ1v) is 6.86. The molecule has 3 heteroatoms. The lowest BCUT2D eigenvalue weighted by Crippen LogP contribution is -2.34. The van der Waals surface area contributed by atoms with E-state index in [4.69, 9.17) is 4.74 Å². The van der Waals surface area contributed by atoms with Crippen LogP contribution in [-0.4, -0.2) is 24.5 Å². The SMILES string of the molecule is COc1ccc2c(c1)CCN1C(=O)c3ccccc3C21. The van der Waals surface area contributed by atoms with Crippen molar-refractivity contribution in [2.24, 2.45) is 0 Å². The van der Waals surface area contributed by atoms with Gasteiger partial charge in [0.1, 0.15) is 5.75 Å². The minimum Gasteiger partial charge on any atom is -0.497 e. The molecule has 0 saturated carbocycles. The van der Waals surface area contributed by atoms with Crippen molar-refractivity contribution in [3.63, 3.8) is 0 Å². The maximum atomic E-state index is 12.5. The highest BCUT2D eigenvalue weighted by molar-refractivity contribution is 6.00. The van der Waals surface area contributed by atoms with Gasteiger partial charge in [-0.15, -0.1) is 0 Å². The molecule has 4 rings (SSSR count). The molecule has 0 saturated heterocycles. The van der Waals surface area contributed by atoms with Crippen LogP contribution in [0, 0.1) is 0 Å². The predicted molar refractivity (Wildman–Crippen MR) is 76.0 cm³/mol. The summed E-state index contributed by atoms with van der Waals surface area (Å²) in [7, 11) is 1.69. The Morgan fingerprint density at radius 3 is 2.85 bits per heavy atom. The van der Waals surface area contributed by atoms with E-state index < -0.39 is 0 Å². The van der Waals surface area contributed by atoms with E-state index >= 15 is 0 Å². The topological polar surface area (TPSA) is 29.5 Å². The average molecular weight is 265 g/mol. The Morgan fingerprint density at radius 2 is 2.00 bits per heavy atom. The number of benzene rings is 2. The van der Waals surface area contributed by atoms with Crippen LogP contribution in [0.25, 0.3) is 0 Å². The van der Waals surface area contributed by atoms with E-state index in [1.807, 2.05) is 29.2 Å². The molecule has 2 aromatic rings. The highest BCUT2D eigenvalue weighted by atomic mass is 16.5. The van der Waals surface area contributed by atoms with Crippen molar-refractivity contribution in [3.05, 3.63) is 64.7 Å². The zero-order valence-electron chi connectivity index (χ0n) is 11.3. The molecule has 100 valence electrons. The molecule has 0 spiro atoms. The fourth-order valence-electron chi connectivity index (χ4n) is 3.37. The van der Waals surface area contributed by atoms with Crippen molar-refractivity contribution in [2.75, 3.05) is 13.7 Å². The molecule has 0 fully saturated rings. The number of ether oxygens (including phenoxy) is 1. The van der Waals surface area contributed by atoms with Crippen molar-refractivity contribution < 1.29 is 9.53 Å². The highest BCUT2D eigenvalue weighted by Crippen LogP contribution is 2.43. The molecule has 2 aliphatic heterocycles. The number of fused-ring (bicyclic) bond motifs is 5. The van der Waals surface area contributed by atoms with Gasteiger partial charge in [-0.1, -0.05) is 24.3 Å². The molecule has 0 N–H and O–H groups in total.